The fourth-order valence-corrected chi connectivity index (χ4v) is 3.10. The molecule has 1 aliphatic carbocycles. The second-order valence-corrected chi connectivity index (χ2v) is 5.66. The Labute approximate surface area is 148 Å². The first-order valence-corrected chi connectivity index (χ1v) is 7.58. The van der Waals surface area contributed by atoms with Crippen molar-refractivity contribution in [1.82, 2.24) is 0 Å². The largest absolute Gasteiger partial charge is 0.496 e. The van der Waals surface area contributed by atoms with Crippen LogP contribution in [0.15, 0.2) is 24.3 Å². The molecule has 0 bridgehead atoms. The third-order valence-corrected chi connectivity index (χ3v) is 4.32. The molecule has 25 heavy (non-hydrogen) atoms. The fraction of sp³-hybridized carbons (Fsp3) is 0.167. The number of carbonyl (C=O) groups is 3. The van der Waals surface area contributed by atoms with Crippen LogP contribution in [0.4, 0.5) is 0 Å². The lowest BCUT2D eigenvalue weighted by molar-refractivity contribution is 0.0600. The molecular weight excluding hydrogens is 348 g/mol. The molecule has 3 rings (SSSR count). The van der Waals surface area contributed by atoms with Gasteiger partial charge in [-0.15, -0.1) is 0 Å². The Morgan fingerprint density at radius 3 is 2.16 bits per heavy atom. The SMILES string of the molecule is COC(=O)c1cc(OC)c2c(c1)C(=O)c1c(Cl)ccc(OC)c1C2=O. The summed E-state index contributed by atoms with van der Waals surface area (Å²) >= 11 is 6.15. The van der Waals surface area contributed by atoms with Gasteiger partial charge in [0.15, 0.2) is 5.78 Å². The van der Waals surface area contributed by atoms with E-state index in [0.717, 1.165) is 0 Å². The number of halogens is 1. The highest BCUT2D eigenvalue weighted by Crippen LogP contribution is 2.40. The Morgan fingerprint density at radius 1 is 0.880 bits per heavy atom. The summed E-state index contributed by atoms with van der Waals surface area (Å²) in [6, 6.07) is 5.67. The van der Waals surface area contributed by atoms with Gasteiger partial charge in [-0.3, -0.25) is 9.59 Å². The van der Waals surface area contributed by atoms with Crippen LogP contribution in [0.5, 0.6) is 11.5 Å². The molecule has 2 aromatic carbocycles. The van der Waals surface area contributed by atoms with Crippen LogP contribution in [0.25, 0.3) is 0 Å². The molecule has 128 valence electrons. The molecule has 0 saturated heterocycles. The van der Waals surface area contributed by atoms with Crippen molar-refractivity contribution in [2.24, 2.45) is 0 Å². The minimum atomic E-state index is -0.649. The van der Waals surface area contributed by atoms with Gasteiger partial charge in [0.1, 0.15) is 11.5 Å². The molecule has 0 radical (unpaired) electrons. The quantitative estimate of drug-likeness (QED) is 0.668. The first kappa shape index (κ1) is 17.0. The molecule has 0 amide bonds. The molecule has 0 spiro atoms. The number of methoxy groups -OCH3 is 3. The lowest BCUT2D eigenvalue weighted by Crippen LogP contribution is -2.24. The van der Waals surface area contributed by atoms with E-state index in [2.05, 4.69) is 4.74 Å². The molecule has 0 heterocycles. The van der Waals surface area contributed by atoms with Gasteiger partial charge < -0.3 is 14.2 Å². The monoisotopic (exact) mass is 360 g/mol. The number of hydrogen-bond acceptors (Lipinski definition) is 6. The number of benzene rings is 2. The van der Waals surface area contributed by atoms with Crippen molar-refractivity contribution in [2.45, 2.75) is 0 Å². The number of hydrogen-bond donors (Lipinski definition) is 0. The number of fused-ring (bicyclic) bond motifs is 2. The summed E-state index contributed by atoms with van der Waals surface area (Å²) in [6.07, 6.45) is 0. The predicted molar refractivity (Wildman–Crippen MR) is 89.2 cm³/mol. The molecule has 0 saturated carbocycles. The summed E-state index contributed by atoms with van der Waals surface area (Å²) in [5, 5.41) is 0.127. The third kappa shape index (κ3) is 2.46. The van der Waals surface area contributed by atoms with Crippen LogP contribution in [0.3, 0.4) is 0 Å². The first-order valence-electron chi connectivity index (χ1n) is 7.20. The zero-order valence-electron chi connectivity index (χ0n) is 13.6. The summed E-state index contributed by atoms with van der Waals surface area (Å²) in [7, 11) is 3.96. The molecule has 0 atom stereocenters. The van der Waals surface area contributed by atoms with Crippen molar-refractivity contribution in [3.8, 4) is 11.5 Å². The van der Waals surface area contributed by atoms with Crippen LogP contribution >= 0.6 is 11.6 Å². The molecule has 0 aliphatic heterocycles. The molecular formula is C18H13ClO6. The fourth-order valence-electron chi connectivity index (χ4n) is 2.86. The maximum Gasteiger partial charge on any atom is 0.338 e. The van der Waals surface area contributed by atoms with Crippen molar-refractivity contribution in [2.75, 3.05) is 21.3 Å². The molecule has 0 unspecified atom stereocenters. The van der Waals surface area contributed by atoms with Crippen molar-refractivity contribution < 1.29 is 28.6 Å². The van der Waals surface area contributed by atoms with Crippen LogP contribution in [0.2, 0.25) is 5.02 Å². The van der Waals surface area contributed by atoms with Crippen LogP contribution in [-0.4, -0.2) is 38.9 Å². The van der Waals surface area contributed by atoms with E-state index in [1.807, 2.05) is 0 Å². The number of carbonyl (C=O) groups excluding carboxylic acids is 3. The molecule has 7 heteroatoms. The average molecular weight is 361 g/mol. The smallest absolute Gasteiger partial charge is 0.338 e. The Hall–Kier alpha value is -2.86. The molecule has 0 fully saturated rings. The summed E-state index contributed by atoms with van der Waals surface area (Å²) in [5.74, 6) is -1.26. The van der Waals surface area contributed by atoms with E-state index in [1.54, 1.807) is 0 Å². The van der Waals surface area contributed by atoms with E-state index in [4.69, 9.17) is 21.1 Å². The highest BCUT2D eigenvalue weighted by molar-refractivity contribution is 6.40. The lowest BCUT2D eigenvalue weighted by atomic mass is 9.82. The zero-order valence-corrected chi connectivity index (χ0v) is 14.4. The van der Waals surface area contributed by atoms with E-state index >= 15 is 0 Å². The highest BCUT2D eigenvalue weighted by Gasteiger charge is 2.37. The summed E-state index contributed by atoms with van der Waals surface area (Å²) in [5.41, 5.74) is 0.321. The number of esters is 1. The van der Waals surface area contributed by atoms with Crippen molar-refractivity contribution in [3.05, 3.63) is 57.1 Å². The van der Waals surface area contributed by atoms with Crippen LogP contribution in [0, 0.1) is 0 Å². The number of ether oxygens (including phenoxy) is 3. The number of rotatable bonds is 3. The Bertz CT molecular complexity index is 932. The van der Waals surface area contributed by atoms with Gasteiger partial charge in [-0.1, -0.05) is 11.6 Å². The third-order valence-electron chi connectivity index (χ3n) is 4.01. The van der Waals surface area contributed by atoms with Gasteiger partial charge in [-0.2, -0.15) is 0 Å². The molecule has 2 aromatic rings. The van der Waals surface area contributed by atoms with Gasteiger partial charge >= 0.3 is 5.97 Å². The van der Waals surface area contributed by atoms with E-state index in [9.17, 15) is 14.4 Å². The summed E-state index contributed by atoms with van der Waals surface area (Å²) in [6.45, 7) is 0. The molecule has 1 aliphatic rings. The van der Waals surface area contributed by atoms with Gasteiger partial charge in [0.2, 0.25) is 5.78 Å². The van der Waals surface area contributed by atoms with Gasteiger partial charge in [-0.25, -0.2) is 4.79 Å². The second-order valence-electron chi connectivity index (χ2n) is 5.25. The normalized spacial score (nSPS) is 12.3. The molecule has 6 nitrogen and oxygen atoms in total. The minimum absolute atomic E-state index is 0.0346. The second kappa shape index (κ2) is 6.22. The van der Waals surface area contributed by atoms with Crippen LogP contribution in [-0.2, 0) is 4.74 Å². The standard InChI is InChI=1S/C18H13ClO6/c1-23-11-5-4-10(19)14-15(11)17(21)13-9(16(14)20)6-8(18(22)25-3)7-12(13)24-2/h4-7H,1-3H3. The summed E-state index contributed by atoms with van der Waals surface area (Å²) < 4.78 is 15.1. The van der Waals surface area contributed by atoms with E-state index in [-0.39, 0.29) is 44.3 Å². The zero-order chi connectivity index (χ0) is 18.3. The Kier molecular flexibility index (Phi) is 4.22. The lowest BCUT2D eigenvalue weighted by Gasteiger charge is -2.22. The maximum absolute atomic E-state index is 13.0. The minimum Gasteiger partial charge on any atom is -0.496 e. The summed E-state index contributed by atoms with van der Waals surface area (Å²) in [4.78, 5) is 37.9. The van der Waals surface area contributed by atoms with E-state index in [1.165, 1.54) is 45.6 Å². The van der Waals surface area contributed by atoms with Crippen molar-refractivity contribution in [1.29, 1.82) is 0 Å². The van der Waals surface area contributed by atoms with Gasteiger partial charge in [-0.05, 0) is 24.3 Å². The topological polar surface area (TPSA) is 78.9 Å². The van der Waals surface area contributed by atoms with E-state index in [0.29, 0.717) is 0 Å². The van der Waals surface area contributed by atoms with Crippen molar-refractivity contribution >= 4 is 29.1 Å². The molecule has 0 N–H and O–H groups in total. The first-order chi connectivity index (χ1) is 11.9. The van der Waals surface area contributed by atoms with Crippen molar-refractivity contribution in [3.63, 3.8) is 0 Å². The van der Waals surface area contributed by atoms with Gasteiger partial charge in [0.25, 0.3) is 0 Å². The van der Waals surface area contributed by atoms with E-state index < -0.39 is 17.5 Å². The van der Waals surface area contributed by atoms with Gasteiger partial charge in [0, 0.05) is 5.56 Å². The Balaban J connectivity index is 2.35. The van der Waals surface area contributed by atoms with Crippen LogP contribution in [0.1, 0.15) is 42.2 Å². The molecule has 0 aromatic heterocycles. The Morgan fingerprint density at radius 2 is 1.56 bits per heavy atom. The predicted octanol–water partition coefficient (Wildman–Crippen LogP) is 2.92. The maximum atomic E-state index is 13.0. The average Bonchev–Trinajstić information content (AvgIpc) is 2.63. The number of ketones is 2. The van der Waals surface area contributed by atoms with Crippen LogP contribution < -0.4 is 9.47 Å². The van der Waals surface area contributed by atoms with Gasteiger partial charge in [0.05, 0.1) is 48.6 Å². The highest BCUT2D eigenvalue weighted by atomic mass is 35.5.